The second-order valence-corrected chi connectivity index (χ2v) is 4.75. The van der Waals surface area contributed by atoms with Gasteiger partial charge in [0.05, 0.1) is 5.75 Å². The number of thioether (sulfide) groups is 1. The maximum absolute atomic E-state index is 11.9. The minimum Gasteiger partial charge on any atom is -0.477 e. The predicted molar refractivity (Wildman–Crippen MR) is 75.1 cm³/mol. The number of aromatic nitrogens is 1. The van der Waals surface area contributed by atoms with Crippen molar-refractivity contribution in [1.29, 1.82) is 0 Å². The topological polar surface area (TPSA) is 92.4 Å². The Labute approximate surface area is 119 Å². The van der Waals surface area contributed by atoms with Crippen LogP contribution in [0.15, 0.2) is 34.9 Å². The van der Waals surface area contributed by atoms with Crippen molar-refractivity contribution < 1.29 is 19.1 Å². The van der Waals surface area contributed by atoms with Crippen LogP contribution in [0.1, 0.15) is 26.8 Å². The first-order chi connectivity index (χ1) is 9.60. The van der Waals surface area contributed by atoms with Crippen LogP contribution in [0, 0.1) is 0 Å². The summed E-state index contributed by atoms with van der Waals surface area (Å²) in [5.41, 5.74) is 0.218. The van der Waals surface area contributed by atoms with Gasteiger partial charge >= 0.3 is 5.97 Å². The smallest absolute Gasteiger partial charge is 0.354 e. The largest absolute Gasteiger partial charge is 0.477 e. The average molecular weight is 292 g/mol. The molecule has 2 N–H and O–H groups in total. The maximum Gasteiger partial charge on any atom is 0.354 e. The quantitative estimate of drug-likeness (QED) is 0.879. The summed E-state index contributed by atoms with van der Waals surface area (Å²) in [7, 11) is 0. The van der Waals surface area contributed by atoms with Gasteiger partial charge in [-0.2, -0.15) is 11.8 Å². The lowest BCUT2D eigenvalue weighted by atomic mass is 10.3. The van der Waals surface area contributed by atoms with Gasteiger partial charge in [0, 0.05) is 11.9 Å². The van der Waals surface area contributed by atoms with Crippen LogP contribution < -0.4 is 5.32 Å². The van der Waals surface area contributed by atoms with Crippen molar-refractivity contribution in [3.63, 3.8) is 0 Å². The lowest BCUT2D eigenvalue weighted by Gasteiger charge is -2.03. The highest BCUT2D eigenvalue weighted by molar-refractivity contribution is 7.97. The maximum atomic E-state index is 11.9. The lowest BCUT2D eigenvalue weighted by molar-refractivity contribution is 0.0690. The summed E-state index contributed by atoms with van der Waals surface area (Å²) in [5.74, 6) is -0.00121. The fraction of sp³-hybridized carbons (Fsp3) is 0.154. The van der Waals surface area contributed by atoms with Crippen molar-refractivity contribution in [3.05, 3.63) is 47.7 Å². The molecule has 0 aliphatic carbocycles. The van der Waals surface area contributed by atoms with Crippen molar-refractivity contribution >= 4 is 29.3 Å². The monoisotopic (exact) mass is 292 g/mol. The summed E-state index contributed by atoms with van der Waals surface area (Å²) in [6, 6.07) is 6.11. The highest BCUT2D eigenvalue weighted by Gasteiger charge is 2.12. The third-order valence-electron chi connectivity index (χ3n) is 2.41. The number of carboxylic acid groups (broad SMARTS) is 1. The van der Waals surface area contributed by atoms with Gasteiger partial charge in [-0.25, -0.2) is 9.78 Å². The Morgan fingerprint density at radius 2 is 2.20 bits per heavy atom. The van der Waals surface area contributed by atoms with Crippen LogP contribution in [0.2, 0.25) is 0 Å². The number of hydrogen-bond donors (Lipinski definition) is 2. The number of nitrogens with zero attached hydrogens (tertiary/aromatic N) is 1. The van der Waals surface area contributed by atoms with Crippen LogP contribution in [0.5, 0.6) is 0 Å². The molecule has 0 aliphatic rings. The summed E-state index contributed by atoms with van der Waals surface area (Å²) < 4.78 is 5.37. The molecule has 104 valence electrons. The zero-order chi connectivity index (χ0) is 14.5. The van der Waals surface area contributed by atoms with E-state index in [4.69, 9.17) is 9.52 Å². The third-order valence-corrected chi connectivity index (χ3v) is 2.98. The molecule has 20 heavy (non-hydrogen) atoms. The van der Waals surface area contributed by atoms with Gasteiger partial charge in [0.1, 0.15) is 11.5 Å². The predicted octanol–water partition coefficient (Wildman–Crippen LogP) is 2.49. The van der Waals surface area contributed by atoms with Crippen molar-refractivity contribution in [1.82, 2.24) is 4.98 Å². The summed E-state index contributed by atoms with van der Waals surface area (Å²) in [4.78, 5) is 26.4. The Hall–Kier alpha value is -2.28. The molecule has 1 amide bonds. The minimum absolute atomic E-state index is 0.134. The van der Waals surface area contributed by atoms with Gasteiger partial charge in [-0.1, -0.05) is 0 Å². The summed E-state index contributed by atoms with van der Waals surface area (Å²) >= 11 is 1.59. The first kappa shape index (κ1) is 14.1. The Morgan fingerprint density at radius 3 is 2.90 bits per heavy atom. The van der Waals surface area contributed by atoms with E-state index in [0.717, 1.165) is 0 Å². The number of hydrogen-bond acceptors (Lipinski definition) is 5. The molecule has 2 heterocycles. The number of rotatable bonds is 5. The van der Waals surface area contributed by atoms with Gasteiger partial charge in [0.15, 0.2) is 5.76 Å². The molecule has 2 rings (SSSR count). The van der Waals surface area contributed by atoms with Gasteiger partial charge in [-0.05, 0) is 30.5 Å². The third kappa shape index (κ3) is 3.39. The fourth-order valence-electron chi connectivity index (χ4n) is 1.54. The zero-order valence-electron chi connectivity index (χ0n) is 10.6. The number of carbonyl (C=O) groups is 2. The Kier molecular flexibility index (Phi) is 4.41. The molecule has 0 atom stereocenters. The van der Waals surface area contributed by atoms with Crippen LogP contribution >= 0.6 is 11.8 Å². The summed E-state index contributed by atoms with van der Waals surface area (Å²) in [6.45, 7) is 0. The molecule has 0 aliphatic heterocycles. The van der Waals surface area contributed by atoms with E-state index in [0.29, 0.717) is 17.2 Å². The molecular formula is C13H12N2O4S. The van der Waals surface area contributed by atoms with E-state index in [1.807, 2.05) is 6.26 Å². The Morgan fingerprint density at radius 1 is 1.40 bits per heavy atom. The van der Waals surface area contributed by atoms with Gasteiger partial charge in [0.25, 0.3) is 5.91 Å². The highest BCUT2D eigenvalue weighted by atomic mass is 32.2. The van der Waals surface area contributed by atoms with Crippen molar-refractivity contribution in [2.75, 3.05) is 11.6 Å². The molecule has 2 aromatic heterocycles. The van der Waals surface area contributed by atoms with Crippen LogP contribution in [-0.2, 0) is 5.75 Å². The molecular weight excluding hydrogens is 280 g/mol. The van der Waals surface area contributed by atoms with E-state index in [9.17, 15) is 9.59 Å². The molecule has 0 spiro atoms. The average Bonchev–Trinajstić information content (AvgIpc) is 2.88. The van der Waals surface area contributed by atoms with Crippen LogP contribution in [0.25, 0.3) is 0 Å². The van der Waals surface area contributed by atoms with E-state index < -0.39 is 11.9 Å². The van der Waals surface area contributed by atoms with E-state index >= 15 is 0 Å². The van der Waals surface area contributed by atoms with Crippen molar-refractivity contribution in [2.45, 2.75) is 5.75 Å². The Balaban J connectivity index is 2.10. The van der Waals surface area contributed by atoms with Gasteiger partial charge in [-0.3, -0.25) is 4.79 Å². The molecule has 0 aromatic carbocycles. The van der Waals surface area contributed by atoms with Crippen LogP contribution in [-0.4, -0.2) is 28.2 Å². The molecule has 0 unspecified atom stereocenters. The summed E-state index contributed by atoms with van der Waals surface area (Å²) in [5, 5.41) is 11.4. The van der Waals surface area contributed by atoms with Crippen LogP contribution in [0.4, 0.5) is 5.69 Å². The first-order valence-electron chi connectivity index (χ1n) is 5.68. The molecule has 0 bridgehead atoms. The first-order valence-corrected chi connectivity index (χ1v) is 7.08. The van der Waals surface area contributed by atoms with Gasteiger partial charge in [0.2, 0.25) is 0 Å². The van der Waals surface area contributed by atoms with E-state index in [1.54, 1.807) is 23.9 Å². The SMILES string of the molecule is CSCc1ccc(C(=O)Nc2ccnc(C(=O)O)c2)o1. The number of nitrogens with one attached hydrogen (secondary N) is 1. The number of carboxylic acids is 1. The number of anilines is 1. The number of carbonyl (C=O) groups excluding carboxylic acids is 1. The Bertz CT molecular complexity index is 639. The number of pyridine rings is 1. The second-order valence-electron chi connectivity index (χ2n) is 3.89. The number of aromatic carboxylic acids is 1. The van der Waals surface area contributed by atoms with E-state index in [-0.39, 0.29) is 11.5 Å². The molecule has 0 saturated carbocycles. The van der Waals surface area contributed by atoms with E-state index in [2.05, 4.69) is 10.3 Å². The molecule has 6 nitrogen and oxygen atoms in total. The number of furan rings is 1. The van der Waals surface area contributed by atoms with Crippen molar-refractivity contribution in [3.8, 4) is 0 Å². The zero-order valence-corrected chi connectivity index (χ0v) is 11.4. The molecule has 7 heteroatoms. The highest BCUT2D eigenvalue weighted by Crippen LogP contribution is 2.15. The lowest BCUT2D eigenvalue weighted by Crippen LogP contribution is -2.12. The molecule has 0 fully saturated rings. The molecule has 0 radical (unpaired) electrons. The standard InChI is InChI=1S/C13H12N2O4S/c1-20-7-9-2-3-11(19-9)12(16)15-8-4-5-14-10(6-8)13(17)18/h2-6H,7H2,1H3,(H,17,18)(H,14,15,16). The molecule has 2 aromatic rings. The number of amides is 1. The fourth-order valence-corrected chi connectivity index (χ4v) is 1.98. The summed E-state index contributed by atoms with van der Waals surface area (Å²) in [6.07, 6.45) is 3.26. The van der Waals surface area contributed by atoms with Gasteiger partial charge in [-0.15, -0.1) is 0 Å². The minimum atomic E-state index is -1.15. The van der Waals surface area contributed by atoms with Crippen molar-refractivity contribution in [2.24, 2.45) is 0 Å². The molecule has 0 saturated heterocycles. The van der Waals surface area contributed by atoms with Gasteiger partial charge < -0.3 is 14.8 Å². The second kappa shape index (κ2) is 6.25. The normalized spacial score (nSPS) is 10.2. The van der Waals surface area contributed by atoms with Crippen LogP contribution in [0.3, 0.4) is 0 Å². The van der Waals surface area contributed by atoms with E-state index in [1.165, 1.54) is 18.3 Å².